The van der Waals surface area contributed by atoms with E-state index in [9.17, 15) is 9.18 Å². The molecule has 1 N–H and O–H groups in total. The fraction of sp³-hybridized carbons (Fsp3) is 0.400. The summed E-state index contributed by atoms with van der Waals surface area (Å²) in [7, 11) is 0. The van der Waals surface area contributed by atoms with E-state index in [1.54, 1.807) is 13.8 Å². The molecule has 2 atom stereocenters. The maximum absolute atomic E-state index is 12.5. The van der Waals surface area contributed by atoms with Crippen molar-refractivity contribution in [1.29, 1.82) is 0 Å². The lowest BCUT2D eigenvalue weighted by atomic mass is 10.2. The predicted molar refractivity (Wildman–Crippen MR) is 56.4 cm³/mol. The van der Waals surface area contributed by atoms with Crippen LogP contribution in [0.4, 0.5) is 4.39 Å². The third-order valence-corrected chi connectivity index (χ3v) is 2.39. The van der Waals surface area contributed by atoms with Gasteiger partial charge in [-0.15, -0.1) is 11.6 Å². The van der Waals surface area contributed by atoms with Crippen LogP contribution in [0.25, 0.3) is 0 Å². The van der Waals surface area contributed by atoms with Crippen LogP contribution in [0.15, 0.2) is 18.3 Å². The van der Waals surface area contributed by atoms with Gasteiger partial charge in [-0.05, 0) is 26.0 Å². The molecule has 0 aliphatic heterocycles. The molecule has 15 heavy (non-hydrogen) atoms. The number of aromatic nitrogens is 1. The molecule has 0 fully saturated rings. The van der Waals surface area contributed by atoms with Crippen molar-refractivity contribution in [2.75, 3.05) is 0 Å². The van der Waals surface area contributed by atoms with Crippen LogP contribution >= 0.6 is 11.6 Å². The Hall–Kier alpha value is -1.16. The summed E-state index contributed by atoms with van der Waals surface area (Å²) in [6, 6.07) is 2.36. The molecule has 1 aromatic rings. The van der Waals surface area contributed by atoms with Crippen LogP contribution in [-0.4, -0.2) is 22.3 Å². The van der Waals surface area contributed by atoms with Gasteiger partial charge in [-0.25, -0.2) is 9.37 Å². The minimum atomic E-state index is -0.467. The van der Waals surface area contributed by atoms with Gasteiger partial charge in [0.25, 0.3) is 5.91 Å². The van der Waals surface area contributed by atoms with Gasteiger partial charge in [0, 0.05) is 6.04 Å². The molecule has 2 unspecified atom stereocenters. The molecular weight excluding hydrogens is 219 g/mol. The van der Waals surface area contributed by atoms with Crippen molar-refractivity contribution in [1.82, 2.24) is 10.3 Å². The molecule has 3 nitrogen and oxygen atoms in total. The number of nitrogens with one attached hydrogen (secondary N) is 1. The van der Waals surface area contributed by atoms with E-state index in [1.165, 1.54) is 12.1 Å². The van der Waals surface area contributed by atoms with Gasteiger partial charge in [-0.3, -0.25) is 4.79 Å². The monoisotopic (exact) mass is 230 g/mol. The van der Waals surface area contributed by atoms with E-state index in [2.05, 4.69) is 10.3 Å². The summed E-state index contributed by atoms with van der Waals surface area (Å²) in [5.41, 5.74) is 0.181. The normalized spacial score (nSPS) is 14.4. The van der Waals surface area contributed by atoms with Gasteiger partial charge in [0.1, 0.15) is 11.5 Å². The van der Waals surface area contributed by atoms with Crippen molar-refractivity contribution in [3.63, 3.8) is 0 Å². The summed E-state index contributed by atoms with van der Waals surface area (Å²) >= 11 is 5.79. The Balaban J connectivity index is 2.65. The summed E-state index contributed by atoms with van der Waals surface area (Å²) in [4.78, 5) is 15.2. The molecular formula is C10H12ClFN2O. The van der Waals surface area contributed by atoms with E-state index in [1.807, 2.05) is 0 Å². The quantitative estimate of drug-likeness (QED) is 0.807. The lowest BCUT2D eigenvalue weighted by Crippen LogP contribution is -2.37. The second-order valence-corrected chi connectivity index (χ2v) is 3.99. The van der Waals surface area contributed by atoms with Crippen molar-refractivity contribution < 1.29 is 9.18 Å². The number of halogens is 2. The smallest absolute Gasteiger partial charge is 0.270 e. The zero-order chi connectivity index (χ0) is 11.4. The maximum Gasteiger partial charge on any atom is 0.270 e. The molecule has 1 aromatic heterocycles. The van der Waals surface area contributed by atoms with E-state index in [0.29, 0.717) is 0 Å². The third-order valence-electron chi connectivity index (χ3n) is 2.01. The second kappa shape index (κ2) is 5.07. The van der Waals surface area contributed by atoms with Crippen LogP contribution < -0.4 is 5.32 Å². The minimum Gasteiger partial charge on any atom is -0.347 e. The Labute approximate surface area is 92.7 Å². The van der Waals surface area contributed by atoms with E-state index in [0.717, 1.165) is 6.20 Å². The molecule has 0 saturated heterocycles. The molecule has 0 spiro atoms. The fourth-order valence-electron chi connectivity index (χ4n) is 0.906. The van der Waals surface area contributed by atoms with Crippen LogP contribution in [0.3, 0.4) is 0 Å². The standard InChI is InChI=1S/C10H12ClFN2O/c1-6(11)7(2)14-10(15)9-4-3-8(12)5-13-9/h3-7H,1-2H3,(H,14,15). The number of carbonyl (C=O) groups is 1. The maximum atomic E-state index is 12.5. The number of hydrogen-bond donors (Lipinski definition) is 1. The summed E-state index contributed by atoms with van der Waals surface area (Å²) < 4.78 is 12.5. The Kier molecular flexibility index (Phi) is 4.03. The molecule has 1 rings (SSSR count). The highest BCUT2D eigenvalue weighted by atomic mass is 35.5. The summed E-state index contributed by atoms with van der Waals surface area (Å²) in [5.74, 6) is -0.819. The highest BCUT2D eigenvalue weighted by molar-refractivity contribution is 6.21. The Morgan fingerprint density at radius 2 is 2.20 bits per heavy atom. The number of alkyl halides is 1. The van der Waals surface area contributed by atoms with Crippen molar-refractivity contribution in [3.05, 3.63) is 29.8 Å². The summed E-state index contributed by atoms with van der Waals surface area (Å²) in [5, 5.41) is 2.49. The van der Waals surface area contributed by atoms with Gasteiger partial charge in [0.05, 0.1) is 11.6 Å². The van der Waals surface area contributed by atoms with Crippen LogP contribution in [0, 0.1) is 5.82 Å². The molecule has 0 aliphatic rings. The van der Waals surface area contributed by atoms with Gasteiger partial charge in [0.2, 0.25) is 0 Å². The largest absolute Gasteiger partial charge is 0.347 e. The molecule has 0 radical (unpaired) electrons. The average molecular weight is 231 g/mol. The van der Waals surface area contributed by atoms with Crippen molar-refractivity contribution in [2.45, 2.75) is 25.3 Å². The average Bonchev–Trinajstić information content (AvgIpc) is 2.18. The summed E-state index contributed by atoms with van der Waals surface area (Å²) in [6.07, 6.45) is 1.00. The van der Waals surface area contributed by atoms with Crippen LogP contribution in [0.1, 0.15) is 24.3 Å². The number of amides is 1. The van der Waals surface area contributed by atoms with Crippen molar-refractivity contribution in [2.24, 2.45) is 0 Å². The number of carbonyl (C=O) groups excluding carboxylic acids is 1. The zero-order valence-electron chi connectivity index (χ0n) is 8.50. The first-order valence-corrected chi connectivity index (χ1v) is 5.01. The van der Waals surface area contributed by atoms with E-state index >= 15 is 0 Å². The highest BCUT2D eigenvalue weighted by Gasteiger charge is 2.14. The second-order valence-electron chi connectivity index (χ2n) is 3.30. The molecule has 5 heteroatoms. The zero-order valence-corrected chi connectivity index (χ0v) is 9.25. The van der Waals surface area contributed by atoms with Gasteiger partial charge in [-0.2, -0.15) is 0 Å². The van der Waals surface area contributed by atoms with E-state index in [-0.39, 0.29) is 23.0 Å². The first-order valence-electron chi connectivity index (χ1n) is 4.57. The Morgan fingerprint density at radius 3 is 2.67 bits per heavy atom. The van der Waals surface area contributed by atoms with E-state index < -0.39 is 5.82 Å². The first kappa shape index (κ1) is 11.9. The predicted octanol–water partition coefficient (Wildman–Crippen LogP) is 1.97. The summed E-state index contributed by atoms with van der Waals surface area (Å²) in [6.45, 7) is 3.57. The lowest BCUT2D eigenvalue weighted by molar-refractivity contribution is 0.0934. The van der Waals surface area contributed by atoms with Gasteiger partial charge < -0.3 is 5.32 Å². The van der Waals surface area contributed by atoms with Crippen LogP contribution in [-0.2, 0) is 0 Å². The Morgan fingerprint density at radius 1 is 1.53 bits per heavy atom. The molecule has 0 saturated carbocycles. The number of hydrogen-bond acceptors (Lipinski definition) is 2. The molecule has 0 bridgehead atoms. The topological polar surface area (TPSA) is 42.0 Å². The molecule has 1 amide bonds. The first-order chi connectivity index (χ1) is 7.00. The number of nitrogens with zero attached hydrogens (tertiary/aromatic N) is 1. The van der Waals surface area contributed by atoms with E-state index in [4.69, 9.17) is 11.6 Å². The number of rotatable bonds is 3. The molecule has 0 aromatic carbocycles. The SMILES string of the molecule is CC(Cl)C(C)NC(=O)c1ccc(F)cn1. The lowest BCUT2D eigenvalue weighted by Gasteiger charge is -2.15. The number of pyridine rings is 1. The van der Waals surface area contributed by atoms with Gasteiger partial charge in [0.15, 0.2) is 0 Å². The third kappa shape index (κ3) is 3.47. The molecule has 0 aliphatic carbocycles. The van der Waals surface area contributed by atoms with Crippen LogP contribution in [0.2, 0.25) is 0 Å². The highest BCUT2D eigenvalue weighted by Crippen LogP contribution is 2.03. The van der Waals surface area contributed by atoms with Gasteiger partial charge >= 0.3 is 0 Å². The molecule has 82 valence electrons. The fourth-order valence-corrected chi connectivity index (χ4v) is 0.969. The van der Waals surface area contributed by atoms with Crippen LogP contribution in [0.5, 0.6) is 0 Å². The minimum absolute atomic E-state index is 0.161. The Bertz CT molecular complexity index is 340. The van der Waals surface area contributed by atoms with Crippen molar-refractivity contribution >= 4 is 17.5 Å². The molecule has 1 heterocycles. The van der Waals surface area contributed by atoms with Crippen molar-refractivity contribution in [3.8, 4) is 0 Å². The van der Waals surface area contributed by atoms with Gasteiger partial charge in [-0.1, -0.05) is 0 Å².